The molecule has 0 aromatic heterocycles. The highest BCUT2D eigenvalue weighted by Gasteiger charge is 2.34. The number of carbonyl (C=O) groups excluding carboxylic acids is 2. The number of amides is 1. The number of nitrogens with one attached hydrogen (secondary N) is 1. The molecule has 0 saturated carbocycles. The normalized spacial score (nSPS) is 11.2. The summed E-state index contributed by atoms with van der Waals surface area (Å²) < 4.78 is 90.9. The minimum Gasteiger partial charge on any atom is -0.493 e. The molecular weight excluding hydrogens is 424 g/mol. The predicted octanol–water partition coefficient (Wildman–Crippen LogP) is 4.49. The van der Waals surface area contributed by atoms with E-state index in [0.717, 1.165) is 32.4 Å². The molecule has 0 bridgehead atoms. The summed E-state index contributed by atoms with van der Waals surface area (Å²) in [6.45, 7) is -3.28. The van der Waals surface area contributed by atoms with Crippen LogP contribution in [0.1, 0.15) is 26.3 Å². The highest BCUT2D eigenvalue weighted by molar-refractivity contribution is 6.08. The molecule has 6 nitrogen and oxygen atoms in total. The van der Waals surface area contributed by atoms with Crippen LogP contribution in [0.15, 0.2) is 30.3 Å². The van der Waals surface area contributed by atoms with Crippen molar-refractivity contribution in [2.75, 3.05) is 19.5 Å². The number of ether oxygens (including phenoxy) is 3. The molecule has 0 saturated heterocycles. The van der Waals surface area contributed by atoms with E-state index >= 15 is 0 Å². The smallest absolute Gasteiger partial charge is 0.419 e. The highest BCUT2D eigenvalue weighted by atomic mass is 19.4. The van der Waals surface area contributed by atoms with E-state index < -0.39 is 53.0 Å². The van der Waals surface area contributed by atoms with Crippen LogP contribution in [0.4, 0.5) is 32.0 Å². The highest BCUT2D eigenvalue weighted by Crippen LogP contribution is 2.36. The van der Waals surface area contributed by atoms with Crippen molar-refractivity contribution in [2.24, 2.45) is 0 Å². The Kier molecular flexibility index (Phi) is 6.80. The molecule has 2 rings (SSSR count). The van der Waals surface area contributed by atoms with Gasteiger partial charge in [0, 0.05) is 17.7 Å². The first-order valence-electron chi connectivity index (χ1n) is 7.91. The summed E-state index contributed by atoms with van der Waals surface area (Å²) in [7, 11) is 2.10. The molecule has 0 radical (unpaired) electrons. The lowest BCUT2D eigenvalue weighted by atomic mass is 10.1. The summed E-state index contributed by atoms with van der Waals surface area (Å²) >= 11 is 0. The van der Waals surface area contributed by atoms with Crippen molar-refractivity contribution in [1.82, 2.24) is 0 Å². The number of carbonyl (C=O) groups is 2. The molecule has 0 spiro atoms. The van der Waals surface area contributed by atoms with Gasteiger partial charge < -0.3 is 19.5 Å². The molecule has 30 heavy (non-hydrogen) atoms. The Bertz CT molecular complexity index is 961. The third-order valence-corrected chi connectivity index (χ3v) is 3.71. The van der Waals surface area contributed by atoms with Crippen LogP contribution < -0.4 is 14.8 Å². The van der Waals surface area contributed by atoms with Crippen molar-refractivity contribution in [3.05, 3.63) is 52.8 Å². The summed E-state index contributed by atoms with van der Waals surface area (Å²) in [5.74, 6) is -4.65. The molecule has 0 aliphatic heterocycles. The van der Waals surface area contributed by atoms with Crippen molar-refractivity contribution in [2.45, 2.75) is 12.8 Å². The number of halogens is 6. The zero-order chi connectivity index (χ0) is 22.6. The first-order chi connectivity index (χ1) is 14.0. The van der Waals surface area contributed by atoms with E-state index in [1.165, 1.54) is 0 Å². The Balaban J connectivity index is 2.50. The quantitative estimate of drug-likeness (QED) is 0.533. The van der Waals surface area contributed by atoms with Crippen LogP contribution in [-0.2, 0) is 10.9 Å². The number of benzene rings is 2. The van der Waals surface area contributed by atoms with E-state index in [0.29, 0.717) is 6.07 Å². The second-order valence-electron chi connectivity index (χ2n) is 5.57. The number of rotatable bonds is 6. The summed E-state index contributed by atoms with van der Waals surface area (Å²) in [5.41, 5.74) is -3.06. The summed E-state index contributed by atoms with van der Waals surface area (Å²) in [6, 6.07) is 3.23. The largest absolute Gasteiger partial charge is 0.493 e. The maximum absolute atomic E-state index is 13.4. The molecule has 2 aromatic rings. The fourth-order valence-corrected chi connectivity index (χ4v) is 2.37. The van der Waals surface area contributed by atoms with Gasteiger partial charge in [0.25, 0.3) is 5.91 Å². The molecule has 0 fully saturated rings. The lowest BCUT2D eigenvalue weighted by Gasteiger charge is -2.16. The van der Waals surface area contributed by atoms with Crippen molar-refractivity contribution < 1.29 is 50.1 Å². The lowest BCUT2D eigenvalue weighted by molar-refractivity contribution is -0.140. The first-order valence-corrected chi connectivity index (χ1v) is 7.91. The molecular formula is C18H13F6NO5. The molecule has 1 N–H and O–H groups in total. The van der Waals surface area contributed by atoms with Gasteiger partial charge in [-0.2, -0.15) is 22.0 Å². The number of methoxy groups -OCH3 is 2. The monoisotopic (exact) mass is 437 g/mol. The van der Waals surface area contributed by atoms with Crippen LogP contribution in [0.5, 0.6) is 11.5 Å². The van der Waals surface area contributed by atoms with Gasteiger partial charge in [-0.3, -0.25) is 4.79 Å². The summed E-state index contributed by atoms with van der Waals surface area (Å²) in [4.78, 5) is 24.4. The topological polar surface area (TPSA) is 73.9 Å². The third kappa shape index (κ3) is 5.13. The number of esters is 1. The number of hydrogen-bond donors (Lipinski definition) is 1. The maximum atomic E-state index is 13.4. The van der Waals surface area contributed by atoms with E-state index in [2.05, 4.69) is 14.8 Å². The molecule has 12 heteroatoms. The van der Waals surface area contributed by atoms with Gasteiger partial charge in [-0.05, 0) is 18.2 Å². The lowest BCUT2D eigenvalue weighted by Crippen LogP contribution is -2.18. The van der Waals surface area contributed by atoms with Crippen LogP contribution in [0.25, 0.3) is 0 Å². The fourth-order valence-electron chi connectivity index (χ4n) is 2.37. The van der Waals surface area contributed by atoms with Crippen LogP contribution in [0.3, 0.4) is 0 Å². The average molecular weight is 437 g/mol. The molecule has 1 amide bonds. The van der Waals surface area contributed by atoms with E-state index in [1.54, 1.807) is 0 Å². The molecule has 2 aromatic carbocycles. The summed E-state index contributed by atoms with van der Waals surface area (Å²) in [6.07, 6.45) is -5.06. The maximum Gasteiger partial charge on any atom is 0.419 e. The SMILES string of the molecule is COC(=O)c1cc(OC)c(OC(F)F)cc1NC(=O)c1ccc(F)c(C(F)(F)F)c1. The molecule has 0 aliphatic carbocycles. The van der Waals surface area contributed by atoms with Crippen LogP contribution in [0.2, 0.25) is 0 Å². The van der Waals surface area contributed by atoms with Crippen LogP contribution >= 0.6 is 0 Å². The second-order valence-corrected chi connectivity index (χ2v) is 5.57. The standard InChI is InChI=1S/C18H13F6NO5/c1-28-13-6-9(16(27)29-2)12(7-14(13)30-17(20)21)25-15(26)8-3-4-11(19)10(5-8)18(22,23)24/h3-7,17H,1-2H3,(H,25,26). The number of alkyl halides is 5. The molecule has 0 unspecified atom stereocenters. The Hall–Kier alpha value is -3.44. The number of hydrogen-bond acceptors (Lipinski definition) is 5. The number of anilines is 1. The summed E-state index contributed by atoms with van der Waals surface area (Å²) in [5, 5.41) is 2.10. The average Bonchev–Trinajstić information content (AvgIpc) is 2.66. The van der Waals surface area contributed by atoms with Gasteiger partial charge in [0.2, 0.25) is 0 Å². The van der Waals surface area contributed by atoms with Crippen LogP contribution in [-0.4, -0.2) is 32.7 Å². The molecule has 0 atom stereocenters. The van der Waals surface area contributed by atoms with Gasteiger partial charge in [-0.1, -0.05) is 0 Å². The fraction of sp³-hybridized carbons (Fsp3) is 0.222. The third-order valence-electron chi connectivity index (χ3n) is 3.71. The van der Waals surface area contributed by atoms with Crippen molar-refractivity contribution >= 4 is 17.6 Å². The van der Waals surface area contributed by atoms with Gasteiger partial charge in [-0.15, -0.1) is 0 Å². The van der Waals surface area contributed by atoms with Gasteiger partial charge in [0.05, 0.1) is 31.0 Å². The Morgan fingerprint density at radius 1 is 1.03 bits per heavy atom. The minimum atomic E-state index is -5.06. The van der Waals surface area contributed by atoms with E-state index in [1.807, 2.05) is 0 Å². The first kappa shape index (κ1) is 22.8. The van der Waals surface area contributed by atoms with Gasteiger partial charge in [0.1, 0.15) is 5.82 Å². The molecule has 162 valence electrons. The Labute approximate surface area is 165 Å². The Morgan fingerprint density at radius 2 is 1.70 bits per heavy atom. The minimum absolute atomic E-state index is 0.266. The van der Waals surface area contributed by atoms with E-state index in [-0.39, 0.29) is 17.4 Å². The van der Waals surface area contributed by atoms with Crippen molar-refractivity contribution in [1.29, 1.82) is 0 Å². The Morgan fingerprint density at radius 3 is 2.23 bits per heavy atom. The molecule has 0 aliphatic rings. The van der Waals surface area contributed by atoms with Crippen molar-refractivity contribution in [3.63, 3.8) is 0 Å². The van der Waals surface area contributed by atoms with Gasteiger partial charge in [-0.25, -0.2) is 9.18 Å². The van der Waals surface area contributed by atoms with Crippen molar-refractivity contribution in [3.8, 4) is 11.5 Å². The van der Waals surface area contributed by atoms with Gasteiger partial charge >= 0.3 is 18.8 Å². The zero-order valence-corrected chi connectivity index (χ0v) is 15.3. The van der Waals surface area contributed by atoms with Crippen LogP contribution in [0, 0.1) is 5.82 Å². The van der Waals surface area contributed by atoms with Gasteiger partial charge in [0.15, 0.2) is 11.5 Å². The molecule has 0 heterocycles. The van der Waals surface area contributed by atoms with E-state index in [9.17, 15) is 35.9 Å². The zero-order valence-electron chi connectivity index (χ0n) is 15.3. The second kappa shape index (κ2) is 8.93. The predicted molar refractivity (Wildman–Crippen MR) is 90.3 cm³/mol. The van der Waals surface area contributed by atoms with E-state index in [4.69, 9.17) is 4.74 Å².